The van der Waals surface area contributed by atoms with Gasteiger partial charge in [-0.15, -0.1) is 0 Å². The topological polar surface area (TPSA) is 91.0 Å². The molecule has 9 heteroatoms. The van der Waals surface area contributed by atoms with Crippen LogP contribution in [0.4, 0.5) is 5.69 Å². The van der Waals surface area contributed by atoms with E-state index in [-0.39, 0.29) is 5.91 Å². The van der Waals surface area contributed by atoms with E-state index in [1.807, 2.05) is 32.9 Å². The second kappa shape index (κ2) is 9.13. The zero-order valence-electron chi connectivity index (χ0n) is 17.3. The molecule has 1 atom stereocenters. The lowest BCUT2D eigenvalue weighted by Gasteiger charge is -2.16. The molecule has 0 fully saturated rings. The Kier molecular flexibility index (Phi) is 6.56. The van der Waals surface area contributed by atoms with Crippen molar-refractivity contribution in [2.24, 2.45) is 0 Å². The molecule has 1 amide bonds. The molecule has 3 aromatic rings. The lowest BCUT2D eigenvalue weighted by atomic mass is 10.1. The molecule has 0 aliphatic rings. The Morgan fingerprint density at radius 1 is 1.27 bits per heavy atom. The van der Waals surface area contributed by atoms with Crippen LogP contribution in [-0.2, 0) is 16.1 Å². The van der Waals surface area contributed by atoms with Gasteiger partial charge in [0.05, 0.1) is 47.5 Å². The lowest BCUT2D eigenvalue weighted by molar-refractivity contribution is -0.119. The highest BCUT2D eigenvalue weighted by Gasteiger charge is 2.23. The molecule has 1 aromatic carbocycles. The number of aryl methyl sites for hydroxylation is 1. The normalized spacial score (nSPS) is 11.9. The molecule has 1 N–H and O–H groups in total. The van der Waals surface area contributed by atoms with E-state index < -0.39 is 12.0 Å². The minimum atomic E-state index is -0.486. The molecule has 158 valence electrons. The standard InChI is InChI=1S/C21H24ClN5O3/c1-5-18(27-12-16(22)10-23-27)20(28)24-19-13(2)25-26(14(19)3)11-15-8-6-7-9-17(15)21(29)30-4/h6-10,12,18H,5,11H2,1-4H3,(H,24,28). The van der Waals surface area contributed by atoms with Crippen molar-refractivity contribution >= 4 is 29.2 Å². The van der Waals surface area contributed by atoms with Gasteiger partial charge >= 0.3 is 5.97 Å². The molecular formula is C21H24ClN5O3. The molecule has 30 heavy (non-hydrogen) atoms. The van der Waals surface area contributed by atoms with Gasteiger partial charge in [0.25, 0.3) is 0 Å². The van der Waals surface area contributed by atoms with Crippen molar-refractivity contribution in [2.45, 2.75) is 39.8 Å². The van der Waals surface area contributed by atoms with Gasteiger partial charge in [-0.1, -0.05) is 36.7 Å². The minimum absolute atomic E-state index is 0.196. The quantitative estimate of drug-likeness (QED) is 0.577. The van der Waals surface area contributed by atoms with Crippen molar-refractivity contribution in [3.05, 3.63) is 64.2 Å². The first-order valence-electron chi connectivity index (χ1n) is 9.56. The number of anilines is 1. The van der Waals surface area contributed by atoms with E-state index in [2.05, 4.69) is 15.5 Å². The van der Waals surface area contributed by atoms with Crippen molar-refractivity contribution in [1.29, 1.82) is 0 Å². The molecule has 8 nitrogen and oxygen atoms in total. The molecule has 2 heterocycles. The number of carbonyl (C=O) groups is 2. The summed E-state index contributed by atoms with van der Waals surface area (Å²) in [4.78, 5) is 24.9. The summed E-state index contributed by atoms with van der Waals surface area (Å²) in [5.74, 6) is -0.595. The van der Waals surface area contributed by atoms with Crippen molar-refractivity contribution in [3.63, 3.8) is 0 Å². The number of hydrogen-bond acceptors (Lipinski definition) is 5. The molecule has 3 rings (SSSR count). The number of halogens is 1. The van der Waals surface area contributed by atoms with Gasteiger partial charge in [-0.2, -0.15) is 10.2 Å². The number of nitrogens with zero attached hydrogens (tertiary/aromatic N) is 4. The predicted octanol–water partition coefficient (Wildman–Crippen LogP) is 3.77. The number of benzene rings is 1. The Morgan fingerprint density at radius 2 is 2.00 bits per heavy atom. The number of methoxy groups -OCH3 is 1. The summed E-state index contributed by atoms with van der Waals surface area (Å²) in [5, 5.41) is 12.2. The summed E-state index contributed by atoms with van der Waals surface area (Å²) in [7, 11) is 1.35. The van der Waals surface area contributed by atoms with Crippen LogP contribution < -0.4 is 5.32 Å². The number of aromatic nitrogens is 4. The van der Waals surface area contributed by atoms with Gasteiger partial charge in [0.15, 0.2) is 0 Å². The van der Waals surface area contributed by atoms with Crippen LogP contribution in [0, 0.1) is 13.8 Å². The third-order valence-electron chi connectivity index (χ3n) is 4.95. The van der Waals surface area contributed by atoms with Crippen LogP contribution in [0.2, 0.25) is 5.02 Å². The van der Waals surface area contributed by atoms with Crippen molar-refractivity contribution in [3.8, 4) is 0 Å². The van der Waals surface area contributed by atoms with Crippen LogP contribution in [0.25, 0.3) is 0 Å². The van der Waals surface area contributed by atoms with Gasteiger partial charge in [0.2, 0.25) is 5.91 Å². The van der Waals surface area contributed by atoms with Gasteiger partial charge < -0.3 is 10.1 Å². The fourth-order valence-electron chi connectivity index (χ4n) is 3.34. The van der Waals surface area contributed by atoms with Crippen LogP contribution in [0.1, 0.15) is 46.7 Å². The first-order valence-corrected chi connectivity index (χ1v) is 9.94. The number of carbonyl (C=O) groups excluding carboxylic acids is 2. The second-order valence-corrected chi connectivity index (χ2v) is 7.34. The average molecular weight is 430 g/mol. The number of rotatable bonds is 7. The summed E-state index contributed by atoms with van der Waals surface area (Å²) in [6.45, 7) is 5.99. The molecule has 0 aliphatic heterocycles. The van der Waals surface area contributed by atoms with Gasteiger partial charge in [-0.25, -0.2) is 4.79 Å². The Balaban J connectivity index is 1.84. The van der Waals surface area contributed by atoms with E-state index in [4.69, 9.17) is 16.3 Å². The first kappa shape index (κ1) is 21.6. The fraction of sp³-hybridized carbons (Fsp3) is 0.333. The fourth-order valence-corrected chi connectivity index (χ4v) is 3.49. The smallest absolute Gasteiger partial charge is 0.338 e. The van der Waals surface area contributed by atoms with E-state index in [1.165, 1.54) is 13.3 Å². The Labute approximate surface area is 179 Å². The molecule has 0 radical (unpaired) electrons. The monoisotopic (exact) mass is 429 g/mol. The van der Waals surface area contributed by atoms with E-state index in [1.54, 1.807) is 27.7 Å². The predicted molar refractivity (Wildman–Crippen MR) is 114 cm³/mol. The van der Waals surface area contributed by atoms with Gasteiger partial charge in [0, 0.05) is 6.20 Å². The maximum atomic E-state index is 12.9. The zero-order chi connectivity index (χ0) is 21.8. The molecular weight excluding hydrogens is 406 g/mol. The average Bonchev–Trinajstić information content (AvgIpc) is 3.27. The zero-order valence-corrected chi connectivity index (χ0v) is 18.1. The minimum Gasteiger partial charge on any atom is -0.465 e. The molecule has 1 unspecified atom stereocenters. The number of hydrogen-bond donors (Lipinski definition) is 1. The highest BCUT2D eigenvalue weighted by atomic mass is 35.5. The number of nitrogens with one attached hydrogen (secondary N) is 1. The SMILES string of the molecule is CCC(C(=O)Nc1c(C)nn(Cc2ccccc2C(=O)OC)c1C)n1cc(Cl)cn1. The van der Waals surface area contributed by atoms with E-state index in [9.17, 15) is 9.59 Å². The van der Waals surface area contributed by atoms with Crippen LogP contribution in [0.3, 0.4) is 0 Å². The number of amides is 1. The molecule has 0 spiro atoms. The Hall–Kier alpha value is -3.13. The maximum Gasteiger partial charge on any atom is 0.338 e. The van der Waals surface area contributed by atoms with Crippen LogP contribution in [-0.4, -0.2) is 38.5 Å². The van der Waals surface area contributed by atoms with Crippen molar-refractivity contribution < 1.29 is 14.3 Å². The Bertz CT molecular complexity index is 1070. The molecule has 0 saturated heterocycles. The van der Waals surface area contributed by atoms with E-state index in [0.717, 1.165) is 11.3 Å². The lowest BCUT2D eigenvalue weighted by Crippen LogP contribution is -2.26. The third kappa shape index (κ3) is 4.38. The molecule has 0 aliphatic carbocycles. The summed E-state index contributed by atoms with van der Waals surface area (Å²) in [5.41, 5.74) is 3.39. The van der Waals surface area contributed by atoms with Crippen LogP contribution in [0.5, 0.6) is 0 Å². The largest absolute Gasteiger partial charge is 0.465 e. The summed E-state index contributed by atoms with van der Waals surface area (Å²) >= 11 is 5.94. The van der Waals surface area contributed by atoms with Crippen LogP contribution >= 0.6 is 11.6 Å². The number of ether oxygens (including phenoxy) is 1. The molecule has 2 aromatic heterocycles. The van der Waals surface area contributed by atoms with E-state index in [0.29, 0.717) is 34.9 Å². The highest BCUT2D eigenvalue weighted by Crippen LogP contribution is 2.24. The van der Waals surface area contributed by atoms with Crippen LogP contribution in [0.15, 0.2) is 36.7 Å². The maximum absolute atomic E-state index is 12.9. The summed E-state index contributed by atoms with van der Waals surface area (Å²) in [6.07, 6.45) is 3.69. The molecule has 0 bridgehead atoms. The number of esters is 1. The second-order valence-electron chi connectivity index (χ2n) is 6.90. The molecule has 0 saturated carbocycles. The van der Waals surface area contributed by atoms with Crippen molar-refractivity contribution in [1.82, 2.24) is 19.6 Å². The summed E-state index contributed by atoms with van der Waals surface area (Å²) < 4.78 is 8.18. The van der Waals surface area contributed by atoms with Gasteiger partial charge in [0.1, 0.15) is 6.04 Å². The third-order valence-corrected chi connectivity index (χ3v) is 5.15. The highest BCUT2D eigenvalue weighted by molar-refractivity contribution is 6.30. The Morgan fingerprint density at radius 3 is 2.63 bits per heavy atom. The van der Waals surface area contributed by atoms with E-state index >= 15 is 0 Å². The van der Waals surface area contributed by atoms with Gasteiger partial charge in [-0.3, -0.25) is 14.2 Å². The van der Waals surface area contributed by atoms with Crippen molar-refractivity contribution in [2.75, 3.05) is 12.4 Å². The first-order chi connectivity index (χ1) is 14.3. The summed E-state index contributed by atoms with van der Waals surface area (Å²) in [6, 6.07) is 6.73. The van der Waals surface area contributed by atoms with Gasteiger partial charge in [-0.05, 0) is 31.9 Å².